The first-order chi connectivity index (χ1) is 9.87. The van der Waals surface area contributed by atoms with Crippen LogP contribution in [0.1, 0.15) is 31.6 Å². The Hall–Kier alpha value is -2.40. The van der Waals surface area contributed by atoms with Crippen LogP contribution in [0.5, 0.6) is 0 Å². The Labute approximate surface area is 119 Å². The van der Waals surface area contributed by atoms with Crippen molar-refractivity contribution in [3.05, 3.63) is 32.6 Å². The van der Waals surface area contributed by atoms with Gasteiger partial charge in [0.2, 0.25) is 0 Å². The summed E-state index contributed by atoms with van der Waals surface area (Å²) in [5, 5.41) is 9.25. The van der Waals surface area contributed by atoms with Crippen molar-refractivity contribution in [1.82, 2.24) is 9.55 Å². The summed E-state index contributed by atoms with van der Waals surface area (Å²) >= 11 is 0. The summed E-state index contributed by atoms with van der Waals surface area (Å²) in [5.41, 5.74) is -1.95. The molecule has 1 aromatic rings. The minimum atomic E-state index is -1.26. The molecule has 2 atom stereocenters. The fraction of sp³-hybridized carbons (Fsp3) is 0.538. The van der Waals surface area contributed by atoms with E-state index >= 15 is 0 Å². The van der Waals surface area contributed by atoms with Crippen molar-refractivity contribution in [2.45, 2.75) is 38.5 Å². The Balaban J connectivity index is 2.24. The van der Waals surface area contributed by atoms with Crippen LogP contribution in [-0.4, -0.2) is 27.7 Å². The van der Waals surface area contributed by atoms with Crippen molar-refractivity contribution in [3.8, 4) is 6.07 Å². The van der Waals surface area contributed by atoms with Crippen molar-refractivity contribution in [3.63, 3.8) is 0 Å². The van der Waals surface area contributed by atoms with Crippen molar-refractivity contribution >= 4 is 5.97 Å². The molecule has 0 aliphatic carbocycles. The van der Waals surface area contributed by atoms with Gasteiger partial charge in [-0.1, -0.05) is 0 Å². The number of hydrogen-bond donors (Lipinski definition) is 1. The van der Waals surface area contributed by atoms with Crippen LogP contribution in [0.25, 0.3) is 0 Å². The van der Waals surface area contributed by atoms with E-state index in [-0.39, 0.29) is 6.61 Å². The molecular weight excluding hydrogens is 278 g/mol. The predicted molar refractivity (Wildman–Crippen MR) is 70.4 cm³/mol. The molecule has 0 bridgehead atoms. The number of aromatic amines is 1. The van der Waals surface area contributed by atoms with Gasteiger partial charge in [-0.05, 0) is 19.8 Å². The smallest absolute Gasteiger partial charge is 0.330 e. The molecule has 8 nitrogen and oxygen atoms in total. The number of esters is 1. The van der Waals surface area contributed by atoms with Gasteiger partial charge in [-0.25, -0.2) is 4.79 Å². The number of ether oxygens (including phenoxy) is 2. The van der Waals surface area contributed by atoms with Gasteiger partial charge in [-0.3, -0.25) is 19.1 Å². The average Bonchev–Trinajstić information content (AvgIpc) is 2.85. The van der Waals surface area contributed by atoms with Gasteiger partial charge in [0.05, 0.1) is 0 Å². The maximum Gasteiger partial charge on any atom is 0.330 e. The number of nitriles is 1. The highest BCUT2D eigenvalue weighted by Crippen LogP contribution is 2.35. The second-order valence-corrected chi connectivity index (χ2v) is 4.98. The molecule has 8 heteroatoms. The summed E-state index contributed by atoms with van der Waals surface area (Å²) in [7, 11) is 0. The van der Waals surface area contributed by atoms with E-state index in [0.717, 1.165) is 0 Å². The second-order valence-electron chi connectivity index (χ2n) is 4.98. The molecule has 112 valence electrons. The summed E-state index contributed by atoms with van der Waals surface area (Å²) in [4.78, 5) is 36.2. The molecule has 1 aliphatic heterocycles. The third-order valence-electron chi connectivity index (χ3n) is 3.33. The highest BCUT2D eigenvalue weighted by molar-refractivity contribution is 5.66. The van der Waals surface area contributed by atoms with E-state index in [9.17, 15) is 19.6 Å². The molecule has 0 amide bonds. The number of carbonyl (C=O) groups is 1. The molecule has 0 spiro atoms. The largest absolute Gasteiger partial charge is 0.462 e. The van der Waals surface area contributed by atoms with Crippen LogP contribution in [0.4, 0.5) is 0 Å². The highest BCUT2D eigenvalue weighted by Gasteiger charge is 2.43. The van der Waals surface area contributed by atoms with Gasteiger partial charge in [0, 0.05) is 18.7 Å². The molecule has 0 radical (unpaired) electrons. The first-order valence-electron chi connectivity index (χ1n) is 6.41. The van der Waals surface area contributed by atoms with Gasteiger partial charge in [0.1, 0.15) is 18.9 Å². The number of aryl methyl sites for hydroxylation is 1. The van der Waals surface area contributed by atoms with E-state index in [1.807, 2.05) is 6.07 Å². The van der Waals surface area contributed by atoms with Crippen molar-refractivity contribution in [2.24, 2.45) is 0 Å². The zero-order chi connectivity index (χ0) is 15.6. The first-order valence-corrected chi connectivity index (χ1v) is 6.41. The third-order valence-corrected chi connectivity index (χ3v) is 3.33. The Kier molecular flexibility index (Phi) is 3.95. The minimum Gasteiger partial charge on any atom is -0.462 e. The first kappa shape index (κ1) is 15.0. The summed E-state index contributed by atoms with van der Waals surface area (Å²) in [5.74, 6) is -0.506. The quantitative estimate of drug-likeness (QED) is 0.783. The molecule has 1 N–H and O–H groups in total. The zero-order valence-corrected chi connectivity index (χ0v) is 11.7. The number of aromatic nitrogens is 2. The summed E-state index contributed by atoms with van der Waals surface area (Å²) < 4.78 is 11.7. The molecule has 1 aromatic heterocycles. The number of nitrogens with one attached hydrogen (secondary N) is 1. The topological polar surface area (TPSA) is 114 Å². The SMILES string of the molecule is CC(=O)OC[C@@]1(C#N)CC[C@@H](n2cc(C)c(=O)[nH]c2=O)O1. The van der Waals surface area contributed by atoms with Gasteiger partial charge in [-0.15, -0.1) is 0 Å². The number of hydrogen-bond acceptors (Lipinski definition) is 6. The number of H-pyrrole nitrogens is 1. The monoisotopic (exact) mass is 293 g/mol. The van der Waals surface area contributed by atoms with Crippen LogP contribution >= 0.6 is 0 Å². The Morgan fingerprint density at radius 3 is 3.00 bits per heavy atom. The molecule has 0 saturated carbocycles. The van der Waals surface area contributed by atoms with E-state index < -0.39 is 29.0 Å². The molecular formula is C13H15N3O5. The molecule has 2 heterocycles. The molecule has 1 saturated heterocycles. The van der Waals surface area contributed by atoms with E-state index in [2.05, 4.69) is 4.98 Å². The lowest BCUT2D eigenvalue weighted by atomic mass is 10.0. The fourth-order valence-electron chi connectivity index (χ4n) is 2.17. The van der Waals surface area contributed by atoms with Crippen LogP contribution in [0, 0.1) is 18.3 Å². The fourth-order valence-corrected chi connectivity index (χ4v) is 2.17. The average molecular weight is 293 g/mol. The minimum absolute atomic E-state index is 0.188. The summed E-state index contributed by atoms with van der Waals surface area (Å²) in [6, 6.07) is 1.99. The number of nitrogens with zero attached hydrogens (tertiary/aromatic N) is 2. The molecule has 2 rings (SSSR count). The van der Waals surface area contributed by atoms with E-state index in [4.69, 9.17) is 9.47 Å². The maximum absolute atomic E-state index is 11.8. The lowest BCUT2D eigenvalue weighted by Gasteiger charge is -2.21. The lowest BCUT2D eigenvalue weighted by Crippen LogP contribution is -2.37. The molecule has 1 fully saturated rings. The predicted octanol–water partition coefficient (Wildman–Crippen LogP) is -0.0205. The summed E-state index contributed by atoms with van der Waals surface area (Å²) in [6.45, 7) is 2.62. The third kappa shape index (κ3) is 3.03. The second kappa shape index (κ2) is 5.54. The Bertz CT molecular complexity index is 714. The van der Waals surface area contributed by atoms with Crippen LogP contribution in [0.3, 0.4) is 0 Å². The van der Waals surface area contributed by atoms with Gasteiger partial charge >= 0.3 is 11.7 Å². The van der Waals surface area contributed by atoms with Crippen LogP contribution in [0.15, 0.2) is 15.8 Å². The van der Waals surface area contributed by atoms with E-state index in [1.165, 1.54) is 17.7 Å². The maximum atomic E-state index is 11.8. The van der Waals surface area contributed by atoms with Gasteiger partial charge in [-0.2, -0.15) is 5.26 Å². The standard InChI is InChI=1S/C13H15N3O5/c1-8-5-16(12(19)15-11(8)18)10-3-4-13(6-14,21-10)7-20-9(2)17/h5,10H,3-4,7H2,1-2H3,(H,15,18,19)/t10-,13-/m0/s1. The van der Waals surface area contributed by atoms with Crippen LogP contribution in [-0.2, 0) is 14.3 Å². The van der Waals surface area contributed by atoms with Crippen LogP contribution < -0.4 is 11.2 Å². The van der Waals surface area contributed by atoms with Gasteiger partial charge in [0.15, 0.2) is 5.60 Å². The molecule has 1 aliphatic rings. The number of carbonyl (C=O) groups excluding carboxylic acids is 1. The zero-order valence-electron chi connectivity index (χ0n) is 11.7. The Morgan fingerprint density at radius 1 is 1.67 bits per heavy atom. The molecule has 0 unspecified atom stereocenters. The number of rotatable bonds is 3. The molecule has 21 heavy (non-hydrogen) atoms. The van der Waals surface area contributed by atoms with Crippen molar-refractivity contribution < 1.29 is 14.3 Å². The summed E-state index contributed by atoms with van der Waals surface area (Å²) in [6.07, 6.45) is 1.44. The van der Waals surface area contributed by atoms with E-state index in [1.54, 1.807) is 6.92 Å². The highest BCUT2D eigenvalue weighted by atomic mass is 16.6. The van der Waals surface area contributed by atoms with Crippen LogP contribution in [0.2, 0.25) is 0 Å². The van der Waals surface area contributed by atoms with E-state index in [0.29, 0.717) is 18.4 Å². The van der Waals surface area contributed by atoms with Gasteiger partial charge < -0.3 is 9.47 Å². The van der Waals surface area contributed by atoms with Crippen molar-refractivity contribution in [2.75, 3.05) is 6.61 Å². The van der Waals surface area contributed by atoms with Crippen molar-refractivity contribution in [1.29, 1.82) is 5.26 Å². The Morgan fingerprint density at radius 2 is 2.38 bits per heavy atom. The normalized spacial score (nSPS) is 24.5. The van der Waals surface area contributed by atoms with Gasteiger partial charge in [0.25, 0.3) is 5.56 Å². The molecule has 0 aromatic carbocycles. The lowest BCUT2D eigenvalue weighted by molar-refractivity contribution is -0.150.